The second kappa shape index (κ2) is 13.2. The van der Waals surface area contributed by atoms with Gasteiger partial charge >= 0.3 is 0 Å². The summed E-state index contributed by atoms with van der Waals surface area (Å²) in [5.41, 5.74) is 11.7. The van der Waals surface area contributed by atoms with Gasteiger partial charge in [-0.1, -0.05) is 146 Å². The van der Waals surface area contributed by atoms with Gasteiger partial charge in [0.25, 0.3) is 0 Å². The van der Waals surface area contributed by atoms with Crippen LogP contribution in [0.3, 0.4) is 0 Å². The quantitative estimate of drug-likeness (QED) is 0.156. The SMILES string of the molecule is c1ccc(-c2cc3ccccc3cc2-c2ccc(N(c3ccc4ccc5ccccc5c4c3)c3ccc4c(c3)c3ccccc3n4-c3ccccc3)cc2)cc1. The van der Waals surface area contributed by atoms with Crippen LogP contribution in [0.4, 0.5) is 17.1 Å². The zero-order valence-corrected chi connectivity index (χ0v) is 30.7. The van der Waals surface area contributed by atoms with Crippen LogP contribution in [0.1, 0.15) is 0 Å². The third kappa shape index (κ3) is 5.34. The molecule has 10 aromatic carbocycles. The molecule has 1 aromatic heterocycles. The Bertz CT molecular complexity index is 3230. The Morgan fingerprint density at radius 2 is 0.768 bits per heavy atom. The van der Waals surface area contributed by atoms with E-state index in [0.29, 0.717) is 0 Å². The maximum absolute atomic E-state index is 2.41. The van der Waals surface area contributed by atoms with Crippen LogP contribution in [-0.4, -0.2) is 4.57 Å². The standard InChI is InChI=1S/C54H36N2/c1-3-13-37(14-4-1)49-33-41-16-7-8-17-42(41)34-50(49)40-25-28-44(29-26-40)55(45-30-27-39-24-23-38-15-9-10-20-47(38)51(39)35-45)46-31-32-54-52(36-46)48-21-11-12-22-53(48)56(54)43-18-5-2-6-19-43/h1-36H. The number of nitrogens with zero attached hydrogens (tertiary/aromatic N) is 2. The van der Waals surface area contributed by atoms with Crippen LogP contribution < -0.4 is 4.90 Å². The Hall–Kier alpha value is -7.42. The van der Waals surface area contributed by atoms with E-state index in [2.05, 4.69) is 228 Å². The Labute approximate surface area is 325 Å². The van der Waals surface area contributed by atoms with Gasteiger partial charge in [0, 0.05) is 33.5 Å². The van der Waals surface area contributed by atoms with E-state index in [0.717, 1.165) is 22.7 Å². The van der Waals surface area contributed by atoms with E-state index in [9.17, 15) is 0 Å². The molecule has 0 fully saturated rings. The molecule has 0 radical (unpaired) electrons. The molecule has 0 amide bonds. The van der Waals surface area contributed by atoms with Crippen LogP contribution in [0.5, 0.6) is 0 Å². The highest BCUT2D eigenvalue weighted by Crippen LogP contribution is 2.43. The molecule has 0 atom stereocenters. The van der Waals surface area contributed by atoms with Crippen molar-refractivity contribution in [2.45, 2.75) is 0 Å². The van der Waals surface area contributed by atoms with Gasteiger partial charge in [-0.2, -0.15) is 0 Å². The van der Waals surface area contributed by atoms with E-state index >= 15 is 0 Å². The Morgan fingerprint density at radius 3 is 1.48 bits per heavy atom. The molecule has 2 heteroatoms. The molecule has 11 rings (SSSR count). The first-order valence-corrected chi connectivity index (χ1v) is 19.3. The molecule has 0 aliphatic rings. The highest BCUT2D eigenvalue weighted by molar-refractivity contribution is 6.12. The van der Waals surface area contributed by atoms with Crippen molar-refractivity contribution in [3.8, 4) is 27.9 Å². The van der Waals surface area contributed by atoms with Crippen molar-refractivity contribution in [2.24, 2.45) is 0 Å². The third-order valence-corrected chi connectivity index (χ3v) is 11.3. The second-order valence-corrected chi connectivity index (χ2v) is 14.6. The van der Waals surface area contributed by atoms with Crippen LogP contribution >= 0.6 is 0 Å². The lowest BCUT2D eigenvalue weighted by Crippen LogP contribution is -2.10. The molecule has 0 N–H and O–H groups in total. The fourth-order valence-electron chi connectivity index (χ4n) is 8.66. The molecule has 262 valence electrons. The summed E-state index contributed by atoms with van der Waals surface area (Å²) >= 11 is 0. The van der Waals surface area contributed by atoms with Gasteiger partial charge in [0.2, 0.25) is 0 Å². The lowest BCUT2D eigenvalue weighted by atomic mass is 9.91. The van der Waals surface area contributed by atoms with E-state index in [-0.39, 0.29) is 0 Å². The van der Waals surface area contributed by atoms with Crippen molar-refractivity contribution in [3.63, 3.8) is 0 Å². The average Bonchev–Trinajstić information content (AvgIpc) is 3.60. The monoisotopic (exact) mass is 712 g/mol. The molecule has 2 nitrogen and oxygen atoms in total. The van der Waals surface area contributed by atoms with Crippen molar-refractivity contribution < 1.29 is 0 Å². The van der Waals surface area contributed by atoms with Crippen molar-refractivity contribution in [2.75, 3.05) is 4.90 Å². The zero-order chi connectivity index (χ0) is 37.0. The average molecular weight is 713 g/mol. The molecule has 0 spiro atoms. The Balaban J connectivity index is 1.11. The van der Waals surface area contributed by atoms with Gasteiger partial charge in [-0.05, 0) is 127 Å². The van der Waals surface area contributed by atoms with E-state index in [1.165, 1.54) is 76.4 Å². The van der Waals surface area contributed by atoms with Gasteiger partial charge in [-0.15, -0.1) is 0 Å². The number of anilines is 3. The van der Waals surface area contributed by atoms with Crippen LogP contribution in [-0.2, 0) is 0 Å². The minimum atomic E-state index is 1.10. The summed E-state index contributed by atoms with van der Waals surface area (Å²) in [4.78, 5) is 2.41. The van der Waals surface area contributed by atoms with Gasteiger partial charge in [-0.25, -0.2) is 0 Å². The first kappa shape index (κ1) is 32.0. The topological polar surface area (TPSA) is 8.17 Å². The van der Waals surface area contributed by atoms with Crippen molar-refractivity contribution >= 4 is 71.2 Å². The summed E-state index contributed by atoms with van der Waals surface area (Å²) in [6.45, 7) is 0. The maximum Gasteiger partial charge on any atom is 0.0542 e. The van der Waals surface area contributed by atoms with Gasteiger partial charge < -0.3 is 9.47 Å². The van der Waals surface area contributed by atoms with Crippen LogP contribution in [0.15, 0.2) is 218 Å². The first-order valence-electron chi connectivity index (χ1n) is 19.3. The summed E-state index contributed by atoms with van der Waals surface area (Å²) < 4.78 is 2.38. The van der Waals surface area contributed by atoms with Crippen LogP contribution in [0.25, 0.3) is 82.1 Å². The largest absolute Gasteiger partial charge is 0.310 e. The summed E-state index contributed by atoms with van der Waals surface area (Å²) in [6, 6.07) is 79.6. The molecule has 0 unspecified atom stereocenters. The summed E-state index contributed by atoms with van der Waals surface area (Å²) in [5.74, 6) is 0. The molecule has 56 heavy (non-hydrogen) atoms. The molecule has 0 saturated carbocycles. The molecule has 0 bridgehead atoms. The molecular formula is C54H36N2. The van der Waals surface area contributed by atoms with E-state index in [4.69, 9.17) is 0 Å². The van der Waals surface area contributed by atoms with Crippen LogP contribution in [0, 0.1) is 0 Å². The van der Waals surface area contributed by atoms with Crippen molar-refractivity contribution in [3.05, 3.63) is 218 Å². The molecule has 1 heterocycles. The van der Waals surface area contributed by atoms with Crippen molar-refractivity contribution in [1.82, 2.24) is 4.57 Å². The molecule has 0 saturated heterocycles. The minimum absolute atomic E-state index is 1.10. The summed E-state index contributed by atoms with van der Waals surface area (Å²) in [7, 11) is 0. The minimum Gasteiger partial charge on any atom is -0.310 e. The maximum atomic E-state index is 2.41. The number of hydrogen-bond acceptors (Lipinski definition) is 1. The van der Waals surface area contributed by atoms with Gasteiger partial charge in [0.15, 0.2) is 0 Å². The highest BCUT2D eigenvalue weighted by atomic mass is 15.1. The fraction of sp³-hybridized carbons (Fsp3) is 0. The third-order valence-electron chi connectivity index (χ3n) is 11.3. The number of hydrogen-bond donors (Lipinski definition) is 0. The summed E-state index contributed by atoms with van der Waals surface area (Å²) in [5, 5.41) is 9.91. The number of fused-ring (bicyclic) bond motifs is 7. The van der Waals surface area contributed by atoms with E-state index in [1.807, 2.05) is 0 Å². The Kier molecular flexibility index (Phi) is 7.53. The zero-order valence-electron chi connectivity index (χ0n) is 30.7. The van der Waals surface area contributed by atoms with E-state index in [1.54, 1.807) is 0 Å². The molecule has 0 aliphatic heterocycles. The van der Waals surface area contributed by atoms with Gasteiger partial charge in [0.05, 0.1) is 11.0 Å². The number of benzene rings is 10. The summed E-state index contributed by atoms with van der Waals surface area (Å²) in [6.07, 6.45) is 0. The smallest absolute Gasteiger partial charge is 0.0542 e. The lowest BCUT2D eigenvalue weighted by molar-refractivity contribution is 1.18. The predicted octanol–water partition coefficient (Wildman–Crippen LogP) is 15.0. The highest BCUT2D eigenvalue weighted by Gasteiger charge is 2.19. The van der Waals surface area contributed by atoms with E-state index < -0.39 is 0 Å². The molecular weight excluding hydrogens is 677 g/mol. The molecule has 0 aliphatic carbocycles. The van der Waals surface area contributed by atoms with Crippen molar-refractivity contribution in [1.29, 1.82) is 0 Å². The second-order valence-electron chi connectivity index (χ2n) is 14.6. The lowest BCUT2D eigenvalue weighted by Gasteiger charge is -2.26. The number of para-hydroxylation sites is 2. The normalized spacial score (nSPS) is 11.6. The number of rotatable bonds is 6. The number of aromatic nitrogens is 1. The first-order chi connectivity index (χ1) is 27.8. The van der Waals surface area contributed by atoms with Crippen LogP contribution in [0.2, 0.25) is 0 Å². The molecule has 11 aromatic rings. The Morgan fingerprint density at radius 1 is 0.286 bits per heavy atom. The fourth-order valence-corrected chi connectivity index (χ4v) is 8.66. The van der Waals surface area contributed by atoms with Gasteiger partial charge in [-0.3, -0.25) is 0 Å². The van der Waals surface area contributed by atoms with Gasteiger partial charge in [0.1, 0.15) is 0 Å². The predicted molar refractivity (Wildman–Crippen MR) is 239 cm³/mol.